The van der Waals surface area contributed by atoms with Gasteiger partial charge in [-0.2, -0.15) is 0 Å². The Morgan fingerprint density at radius 2 is 1.83 bits per heavy atom. The molecule has 0 aliphatic rings. The lowest BCUT2D eigenvalue weighted by Gasteiger charge is -2.06. The molecule has 0 atom stereocenters. The van der Waals surface area contributed by atoms with Gasteiger partial charge in [0, 0.05) is 17.3 Å². The Morgan fingerprint density at radius 1 is 1.00 bits per heavy atom. The molecule has 0 amide bonds. The first-order chi connectivity index (χ1) is 11.7. The van der Waals surface area contributed by atoms with Crippen molar-refractivity contribution in [2.45, 2.75) is 0 Å². The molecule has 1 radical (unpaired) electrons. The van der Waals surface area contributed by atoms with Gasteiger partial charge in [-0.05, 0) is 28.1 Å². The molecule has 2 aromatic carbocycles. The summed E-state index contributed by atoms with van der Waals surface area (Å²) in [5.74, 6) is 1.19. The molecule has 4 aromatic rings. The van der Waals surface area contributed by atoms with Crippen LogP contribution in [0, 0.1) is 0 Å². The van der Waals surface area contributed by atoms with Crippen LogP contribution in [-0.4, -0.2) is 9.97 Å². The lowest BCUT2D eigenvalue weighted by molar-refractivity contribution is 0.355. The minimum Gasteiger partial charge on any atom is -0.436 e. The highest BCUT2D eigenvalue weighted by molar-refractivity contribution is 9.10. The van der Waals surface area contributed by atoms with Crippen LogP contribution in [0.15, 0.2) is 69.8 Å². The maximum Gasteiger partial charge on any atom is 0.233 e. The van der Waals surface area contributed by atoms with Crippen molar-refractivity contribution in [2.24, 2.45) is 0 Å². The zero-order chi connectivity index (χ0) is 16.5. The van der Waals surface area contributed by atoms with E-state index in [1.165, 1.54) is 18.5 Å². The van der Waals surface area contributed by atoms with Gasteiger partial charge in [-0.15, -0.1) is 0 Å². The Hall–Kier alpha value is -2.86. The van der Waals surface area contributed by atoms with Crippen molar-refractivity contribution in [3.63, 3.8) is 0 Å². The third-order valence-corrected chi connectivity index (χ3v) is 4.32. The first-order valence-corrected chi connectivity index (χ1v) is 8.04. The molecule has 5 nitrogen and oxygen atoms in total. The molecule has 0 bridgehead atoms. The van der Waals surface area contributed by atoms with Gasteiger partial charge < -0.3 is 9.73 Å². The molecular weight excluding hydrogens is 370 g/mol. The smallest absolute Gasteiger partial charge is 0.233 e. The molecule has 0 unspecified atom stereocenters. The van der Waals surface area contributed by atoms with Crippen molar-refractivity contribution in [2.75, 3.05) is 5.32 Å². The lowest BCUT2D eigenvalue weighted by Crippen LogP contribution is -1.94. The summed E-state index contributed by atoms with van der Waals surface area (Å²) in [5.41, 5.74) is 2.07. The second-order valence-electron chi connectivity index (χ2n) is 5.17. The molecule has 4 rings (SSSR count). The largest absolute Gasteiger partial charge is 0.436 e. The fourth-order valence-corrected chi connectivity index (χ4v) is 3.15. The van der Waals surface area contributed by atoms with Gasteiger partial charge in [0.25, 0.3) is 0 Å². The van der Waals surface area contributed by atoms with E-state index in [4.69, 9.17) is 4.42 Å². The Morgan fingerprint density at radius 3 is 2.62 bits per heavy atom. The quantitative estimate of drug-likeness (QED) is 0.506. The third kappa shape index (κ3) is 2.61. The number of hydrogen-bond donors (Lipinski definition) is 1. The second kappa shape index (κ2) is 5.98. The van der Waals surface area contributed by atoms with E-state index in [1.54, 1.807) is 12.1 Å². The molecule has 1 N–H and O–H groups in total. The molecule has 24 heavy (non-hydrogen) atoms. The highest BCUT2D eigenvalue weighted by Crippen LogP contribution is 2.40. The highest BCUT2D eigenvalue weighted by Gasteiger charge is 2.18. The summed E-state index contributed by atoms with van der Waals surface area (Å²) in [6.07, 6.45) is 1.43. The van der Waals surface area contributed by atoms with Crippen molar-refractivity contribution in [3.05, 3.63) is 65.4 Å². The molecule has 0 saturated carbocycles. The highest BCUT2D eigenvalue weighted by atomic mass is 79.9. The SMILES string of the molecule is [O]c1cccc(Nc2ncnc3oc(-c4ccccc4)c(Br)c23)c1. The standard InChI is InChI=1S/C18H11BrN3O2/c19-15-14-17(22-12-7-4-8-13(23)9-12)20-10-21-18(14)24-16(15)11-5-2-1-3-6-11/h1-10H,(H,20,21,22). The summed E-state index contributed by atoms with van der Waals surface area (Å²) in [4.78, 5) is 8.48. The fourth-order valence-electron chi connectivity index (χ4n) is 2.48. The number of nitrogens with one attached hydrogen (secondary N) is 1. The Balaban J connectivity index is 1.84. The summed E-state index contributed by atoms with van der Waals surface area (Å²) in [5, 5.41) is 15.4. The predicted molar refractivity (Wildman–Crippen MR) is 94.8 cm³/mol. The zero-order valence-corrected chi connectivity index (χ0v) is 13.9. The van der Waals surface area contributed by atoms with E-state index < -0.39 is 0 Å². The van der Waals surface area contributed by atoms with E-state index in [2.05, 4.69) is 31.2 Å². The van der Waals surface area contributed by atoms with E-state index >= 15 is 0 Å². The normalized spacial score (nSPS) is 10.9. The van der Waals surface area contributed by atoms with E-state index in [0.29, 0.717) is 23.0 Å². The van der Waals surface area contributed by atoms with Gasteiger partial charge in [0.15, 0.2) is 11.5 Å². The number of benzene rings is 2. The number of anilines is 2. The monoisotopic (exact) mass is 380 g/mol. The van der Waals surface area contributed by atoms with Crippen LogP contribution in [0.5, 0.6) is 5.75 Å². The van der Waals surface area contributed by atoms with Gasteiger partial charge in [-0.1, -0.05) is 36.4 Å². The van der Waals surface area contributed by atoms with E-state index in [-0.39, 0.29) is 5.75 Å². The number of rotatable bonds is 3. The lowest BCUT2D eigenvalue weighted by atomic mass is 10.1. The average molecular weight is 381 g/mol. The predicted octanol–water partition coefficient (Wildman–Crippen LogP) is 5.54. The Kier molecular flexibility index (Phi) is 3.66. The molecule has 0 fully saturated rings. The number of aromatic nitrogens is 2. The summed E-state index contributed by atoms with van der Waals surface area (Å²) in [6.45, 7) is 0. The van der Waals surface area contributed by atoms with Crippen LogP contribution in [0.25, 0.3) is 22.4 Å². The Labute approximate surface area is 146 Å². The summed E-state index contributed by atoms with van der Waals surface area (Å²) < 4.78 is 6.66. The first kappa shape index (κ1) is 14.7. The molecule has 2 aromatic heterocycles. The second-order valence-corrected chi connectivity index (χ2v) is 5.96. The van der Waals surface area contributed by atoms with Crippen molar-refractivity contribution in [1.29, 1.82) is 0 Å². The molecule has 6 heteroatoms. The van der Waals surface area contributed by atoms with Gasteiger partial charge >= 0.3 is 0 Å². The maximum absolute atomic E-state index is 11.5. The van der Waals surface area contributed by atoms with Crippen LogP contribution in [0.4, 0.5) is 11.5 Å². The fraction of sp³-hybridized carbons (Fsp3) is 0. The molecule has 0 spiro atoms. The summed E-state index contributed by atoms with van der Waals surface area (Å²) in [6, 6.07) is 16.3. The number of furan rings is 1. The summed E-state index contributed by atoms with van der Waals surface area (Å²) in [7, 11) is 0. The van der Waals surface area contributed by atoms with Crippen molar-refractivity contribution in [3.8, 4) is 17.1 Å². The molecule has 0 aliphatic carbocycles. The minimum atomic E-state index is -0.0680. The van der Waals surface area contributed by atoms with Crippen LogP contribution in [-0.2, 0) is 5.11 Å². The van der Waals surface area contributed by atoms with Crippen LogP contribution >= 0.6 is 15.9 Å². The molecule has 117 valence electrons. The van der Waals surface area contributed by atoms with Gasteiger partial charge in [0.1, 0.15) is 12.1 Å². The summed E-state index contributed by atoms with van der Waals surface area (Å²) >= 11 is 3.59. The number of hydrogen-bond acceptors (Lipinski definition) is 4. The van der Waals surface area contributed by atoms with Gasteiger partial charge in [0.2, 0.25) is 5.71 Å². The van der Waals surface area contributed by atoms with Crippen LogP contribution in [0.1, 0.15) is 0 Å². The van der Waals surface area contributed by atoms with E-state index in [0.717, 1.165) is 15.4 Å². The van der Waals surface area contributed by atoms with E-state index in [1.807, 2.05) is 30.3 Å². The number of nitrogens with zero attached hydrogens (tertiary/aromatic N) is 2. The maximum atomic E-state index is 11.5. The van der Waals surface area contributed by atoms with E-state index in [9.17, 15) is 5.11 Å². The van der Waals surface area contributed by atoms with Crippen LogP contribution in [0.2, 0.25) is 0 Å². The molecular formula is C18H11BrN3O2. The van der Waals surface area contributed by atoms with Gasteiger partial charge in [0.05, 0.1) is 9.86 Å². The number of halogens is 1. The molecule has 0 aliphatic heterocycles. The average Bonchev–Trinajstić information content (AvgIpc) is 2.94. The van der Waals surface area contributed by atoms with Gasteiger partial charge in [-0.25, -0.2) is 9.97 Å². The minimum absolute atomic E-state index is 0.0680. The van der Waals surface area contributed by atoms with Crippen LogP contribution in [0.3, 0.4) is 0 Å². The first-order valence-electron chi connectivity index (χ1n) is 7.25. The molecule has 2 heterocycles. The van der Waals surface area contributed by atoms with Crippen molar-refractivity contribution < 1.29 is 9.52 Å². The van der Waals surface area contributed by atoms with Gasteiger partial charge in [-0.3, -0.25) is 5.11 Å². The number of fused-ring (bicyclic) bond motifs is 1. The topological polar surface area (TPSA) is 70.8 Å². The van der Waals surface area contributed by atoms with Crippen molar-refractivity contribution >= 4 is 38.5 Å². The third-order valence-electron chi connectivity index (χ3n) is 3.56. The Bertz CT molecular complexity index is 1020. The zero-order valence-electron chi connectivity index (χ0n) is 12.4. The van der Waals surface area contributed by atoms with Crippen LogP contribution < -0.4 is 5.32 Å². The van der Waals surface area contributed by atoms with Crippen molar-refractivity contribution in [1.82, 2.24) is 9.97 Å². The molecule has 0 saturated heterocycles.